The molecule has 6 nitrogen and oxygen atoms in total. The predicted molar refractivity (Wildman–Crippen MR) is 77.8 cm³/mol. The van der Waals surface area contributed by atoms with Crippen molar-refractivity contribution in [3.05, 3.63) is 45.6 Å². The van der Waals surface area contributed by atoms with E-state index < -0.39 is 5.97 Å². The van der Waals surface area contributed by atoms with E-state index in [-0.39, 0.29) is 16.3 Å². The molecule has 21 heavy (non-hydrogen) atoms. The van der Waals surface area contributed by atoms with Gasteiger partial charge in [0.15, 0.2) is 0 Å². The van der Waals surface area contributed by atoms with Crippen molar-refractivity contribution in [3.8, 4) is 16.9 Å². The minimum atomic E-state index is -0.613. The third-order valence-corrected chi connectivity index (χ3v) is 3.18. The van der Waals surface area contributed by atoms with Crippen molar-refractivity contribution >= 4 is 17.6 Å². The van der Waals surface area contributed by atoms with Gasteiger partial charge >= 0.3 is 5.97 Å². The molecule has 0 aliphatic carbocycles. The first-order valence-corrected chi connectivity index (χ1v) is 6.34. The number of hydrogen-bond acceptors (Lipinski definition) is 5. The number of aryl methyl sites for hydroxylation is 1. The summed E-state index contributed by atoms with van der Waals surface area (Å²) in [5, 5.41) is 0.246. The van der Waals surface area contributed by atoms with Crippen LogP contribution in [0.15, 0.2) is 29.3 Å². The van der Waals surface area contributed by atoms with E-state index in [4.69, 9.17) is 21.1 Å². The van der Waals surface area contributed by atoms with Crippen LogP contribution < -0.4 is 10.3 Å². The van der Waals surface area contributed by atoms with Crippen LogP contribution in [0.3, 0.4) is 0 Å². The van der Waals surface area contributed by atoms with E-state index >= 15 is 0 Å². The molecule has 0 N–H and O–H groups in total. The number of esters is 1. The molecule has 0 fully saturated rings. The number of methoxy groups -OCH3 is 2. The Balaban J connectivity index is 2.79. The minimum absolute atomic E-state index is 0.140. The van der Waals surface area contributed by atoms with E-state index in [9.17, 15) is 9.59 Å². The molecule has 0 saturated heterocycles. The van der Waals surface area contributed by atoms with Crippen molar-refractivity contribution in [2.45, 2.75) is 0 Å². The molecular weight excluding hydrogens is 296 g/mol. The van der Waals surface area contributed by atoms with Crippen molar-refractivity contribution in [2.24, 2.45) is 7.05 Å². The summed E-state index contributed by atoms with van der Waals surface area (Å²) in [6.45, 7) is 0. The van der Waals surface area contributed by atoms with Crippen molar-refractivity contribution in [1.29, 1.82) is 0 Å². The lowest BCUT2D eigenvalue weighted by Gasteiger charge is -2.13. The lowest BCUT2D eigenvalue weighted by molar-refractivity contribution is 0.0601. The zero-order valence-electron chi connectivity index (χ0n) is 11.7. The third kappa shape index (κ3) is 2.90. The fourth-order valence-corrected chi connectivity index (χ4v) is 2.07. The molecule has 0 radical (unpaired) electrons. The van der Waals surface area contributed by atoms with Gasteiger partial charge in [-0.1, -0.05) is 11.6 Å². The van der Waals surface area contributed by atoms with Crippen LogP contribution in [0, 0.1) is 0 Å². The topological polar surface area (TPSA) is 70.4 Å². The first-order valence-electron chi connectivity index (χ1n) is 5.96. The van der Waals surface area contributed by atoms with Gasteiger partial charge in [-0.3, -0.25) is 4.79 Å². The number of aromatic nitrogens is 2. The van der Waals surface area contributed by atoms with E-state index in [0.29, 0.717) is 16.9 Å². The summed E-state index contributed by atoms with van der Waals surface area (Å²) in [6.07, 6.45) is 2.98. The van der Waals surface area contributed by atoms with Gasteiger partial charge in [-0.2, -0.15) is 0 Å². The van der Waals surface area contributed by atoms with Crippen molar-refractivity contribution in [2.75, 3.05) is 14.2 Å². The van der Waals surface area contributed by atoms with Gasteiger partial charge in [0.2, 0.25) is 0 Å². The van der Waals surface area contributed by atoms with Crippen LogP contribution in [0.4, 0.5) is 0 Å². The summed E-state index contributed by atoms with van der Waals surface area (Å²) < 4.78 is 11.3. The molecule has 2 aromatic rings. The van der Waals surface area contributed by atoms with Gasteiger partial charge in [-0.05, 0) is 6.07 Å². The highest BCUT2D eigenvalue weighted by Gasteiger charge is 2.19. The summed E-state index contributed by atoms with van der Waals surface area (Å²) in [5.74, 6) is -0.180. The first kappa shape index (κ1) is 15.1. The molecule has 0 aliphatic heterocycles. The monoisotopic (exact) mass is 308 g/mol. The maximum atomic E-state index is 11.9. The zero-order chi connectivity index (χ0) is 15.6. The Kier molecular flexibility index (Phi) is 4.28. The quantitative estimate of drug-likeness (QED) is 0.640. The highest BCUT2D eigenvalue weighted by atomic mass is 35.5. The maximum absolute atomic E-state index is 11.9. The van der Waals surface area contributed by atoms with E-state index in [0.717, 1.165) is 0 Å². The smallest absolute Gasteiger partial charge is 0.338 e. The van der Waals surface area contributed by atoms with Crippen LogP contribution in [0.5, 0.6) is 5.75 Å². The van der Waals surface area contributed by atoms with Crippen LogP contribution in [0.2, 0.25) is 5.15 Å². The van der Waals surface area contributed by atoms with E-state index in [1.807, 2.05) is 0 Å². The Morgan fingerprint density at radius 1 is 1.29 bits per heavy atom. The van der Waals surface area contributed by atoms with E-state index in [1.54, 1.807) is 13.1 Å². The number of pyridine rings is 2. The number of carbonyl (C=O) groups excluding carboxylic acids is 1. The molecule has 0 unspecified atom stereocenters. The zero-order valence-corrected chi connectivity index (χ0v) is 12.5. The molecule has 2 aromatic heterocycles. The van der Waals surface area contributed by atoms with Gasteiger partial charge in [0.1, 0.15) is 10.9 Å². The van der Waals surface area contributed by atoms with Crippen LogP contribution in [0.1, 0.15) is 10.4 Å². The van der Waals surface area contributed by atoms with Crippen molar-refractivity contribution in [1.82, 2.24) is 9.55 Å². The normalized spacial score (nSPS) is 10.3. The molecular formula is C14H13ClN2O4. The van der Waals surface area contributed by atoms with Gasteiger partial charge in [0.25, 0.3) is 5.56 Å². The van der Waals surface area contributed by atoms with Crippen molar-refractivity contribution in [3.63, 3.8) is 0 Å². The van der Waals surface area contributed by atoms with E-state index in [2.05, 4.69) is 4.98 Å². The predicted octanol–water partition coefficient (Wildman–Crippen LogP) is 1.90. The number of nitrogens with zero attached hydrogens (tertiary/aromatic N) is 2. The molecule has 0 atom stereocenters. The molecule has 0 bridgehead atoms. The highest BCUT2D eigenvalue weighted by molar-refractivity contribution is 6.29. The van der Waals surface area contributed by atoms with Crippen LogP contribution in [-0.2, 0) is 11.8 Å². The van der Waals surface area contributed by atoms with Gasteiger partial charge in [-0.25, -0.2) is 9.78 Å². The van der Waals surface area contributed by atoms with Crippen molar-refractivity contribution < 1.29 is 14.3 Å². The molecule has 0 saturated carbocycles. The molecule has 110 valence electrons. The fourth-order valence-electron chi connectivity index (χ4n) is 1.91. The number of rotatable bonds is 3. The second kappa shape index (κ2) is 5.97. The molecule has 0 aromatic carbocycles. The van der Waals surface area contributed by atoms with Crippen LogP contribution >= 0.6 is 11.6 Å². The Bertz CT molecular complexity index is 755. The molecule has 0 aliphatic rings. The lowest BCUT2D eigenvalue weighted by Crippen LogP contribution is -2.19. The SMILES string of the molecule is COC(=O)c1cc(=O)n(C)cc1-c1cc(Cl)ncc1OC. The largest absolute Gasteiger partial charge is 0.494 e. The second-order valence-corrected chi connectivity index (χ2v) is 4.64. The van der Waals surface area contributed by atoms with Crippen LogP contribution in [-0.4, -0.2) is 29.7 Å². The Morgan fingerprint density at radius 2 is 2.00 bits per heavy atom. The summed E-state index contributed by atoms with van der Waals surface area (Å²) in [4.78, 5) is 27.6. The number of halogens is 1. The first-order chi connectivity index (χ1) is 9.97. The lowest BCUT2D eigenvalue weighted by atomic mass is 10.0. The molecule has 7 heteroatoms. The third-order valence-electron chi connectivity index (χ3n) is 2.98. The second-order valence-electron chi connectivity index (χ2n) is 4.25. The molecule has 2 heterocycles. The van der Waals surface area contributed by atoms with Crippen LogP contribution in [0.25, 0.3) is 11.1 Å². The van der Waals surface area contributed by atoms with Gasteiger partial charge in [0.05, 0.1) is 26.0 Å². The van der Waals surface area contributed by atoms with Gasteiger partial charge in [0, 0.05) is 30.4 Å². The average Bonchev–Trinajstić information content (AvgIpc) is 2.48. The van der Waals surface area contributed by atoms with Gasteiger partial charge in [-0.15, -0.1) is 0 Å². The molecule has 2 rings (SSSR count). The summed E-state index contributed by atoms with van der Waals surface area (Å²) in [7, 11) is 4.32. The summed E-state index contributed by atoms with van der Waals surface area (Å²) in [5.41, 5.74) is 0.845. The molecule has 0 spiro atoms. The number of hydrogen-bond donors (Lipinski definition) is 0. The number of ether oxygens (including phenoxy) is 2. The Labute approximate surface area is 125 Å². The Morgan fingerprint density at radius 3 is 2.62 bits per heavy atom. The number of carbonyl (C=O) groups is 1. The average molecular weight is 309 g/mol. The van der Waals surface area contributed by atoms with E-state index in [1.165, 1.54) is 37.2 Å². The summed E-state index contributed by atoms with van der Waals surface area (Å²) >= 11 is 5.91. The Hall–Kier alpha value is -2.34. The van der Waals surface area contributed by atoms with Gasteiger partial charge < -0.3 is 14.0 Å². The standard InChI is InChI=1S/C14H13ClN2O4/c1-17-7-10(9(5-13(17)18)14(19)21-3)8-4-12(15)16-6-11(8)20-2/h4-7H,1-3H3. The minimum Gasteiger partial charge on any atom is -0.494 e. The molecule has 0 amide bonds. The highest BCUT2D eigenvalue weighted by Crippen LogP contribution is 2.33. The fraction of sp³-hybridized carbons (Fsp3) is 0.214. The maximum Gasteiger partial charge on any atom is 0.338 e. The summed E-state index contributed by atoms with van der Waals surface area (Å²) in [6, 6.07) is 2.78.